The number of aliphatic hydroxyl groups excluding tert-OH is 1. The van der Waals surface area contributed by atoms with Crippen LogP contribution in [0.2, 0.25) is 0 Å². The summed E-state index contributed by atoms with van der Waals surface area (Å²) in [5, 5.41) is 10.6. The highest BCUT2D eigenvalue weighted by molar-refractivity contribution is 5.70. The van der Waals surface area contributed by atoms with Crippen molar-refractivity contribution in [2.75, 3.05) is 0 Å². The van der Waals surface area contributed by atoms with E-state index in [-0.39, 0.29) is 36.4 Å². The second-order valence-electron chi connectivity index (χ2n) is 11.7. The van der Waals surface area contributed by atoms with Crippen LogP contribution in [0.3, 0.4) is 0 Å². The van der Waals surface area contributed by atoms with Crippen LogP contribution in [-0.4, -0.2) is 53.4 Å². The number of ether oxygens (including phenoxy) is 4. The number of aliphatic hydroxyl groups is 1. The Morgan fingerprint density at radius 1 is 0.947 bits per heavy atom. The second-order valence-corrected chi connectivity index (χ2v) is 11.7. The third-order valence-corrected chi connectivity index (χ3v) is 7.66. The molecule has 3 rings (SSSR count). The number of fused-ring (bicyclic) bond motifs is 1. The number of hydrogen-bond acceptors (Lipinski definition) is 7. The third kappa shape index (κ3) is 12.3. The van der Waals surface area contributed by atoms with Crippen molar-refractivity contribution in [3.05, 3.63) is 0 Å². The summed E-state index contributed by atoms with van der Waals surface area (Å²) in [5.41, 5.74) is 0. The summed E-state index contributed by atoms with van der Waals surface area (Å²) >= 11 is 0. The minimum Gasteiger partial charge on any atom is -0.462 e. The van der Waals surface area contributed by atoms with Crippen molar-refractivity contribution in [2.24, 2.45) is 0 Å². The Hall–Kier alpha value is -1.18. The quantitative estimate of drug-likeness (QED) is 0.174. The summed E-state index contributed by atoms with van der Waals surface area (Å²) in [4.78, 5) is 23.4. The first-order chi connectivity index (χ1) is 18.3. The van der Waals surface area contributed by atoms with E-state index in [2.05, 4.69) is 20.8 Å². The van der Waals surface area contributed by atoms with E-state index < -0.39 is 11.9 Å². The Morgan fingerprint density at radius 2 is 1.55 bits per heavy atom. The molecule has 0 aromatic rings. The normalized spacial score (nSPS) is 29.2. The van der Waals surface area contributed by atoms with E-state index in [1.807, 2.05) is 0 Å². The van der Waals surface area contributed by atoms with Gasteiger partial charge in [0.2, 0.25) is 0 Å². The molecule has 7 nitrogen and oxygen atoms in total. The van der Waals surface area contributed by atoms with Crippen molar-refractivity contribution in [3.63, 3.8) is 0 Å². The van der Waals surface area contributed by atoms with Gasteiger partial charge in [0.15, 0.2) is 5.79 Å². The highest BCUT2D eigenvalue weighted by atomic mass is 16.7. The van der Waals surface area contributed by atoms with E-state index in [4.69, 9.17) is 18.9 Å². The first kappa shape index (κ1) is 33.0. The standard InChI is InChI=1S/C28H48O7.C3H8/c1-3-4-5-6-7-8-9-10-11-12-13-14-23(32-21(2)29)18-24-17-22(30)19-28(34-24)20-26-25(35-28)15-16-27(31)33-26;1-3-2/h22-26,30H,3-20H2,1-2H3;3H2,1-2H3. The van der Waals surface area contributed by atoms with Gasteiger partial charge in [-0.15, -0.1) is 0 Å². The lowest BCUT2D eigenvalue weighted by Crippen LogP contribution is -2.47. The summed E-state index contributed by atoms with van der Waals surface area (Å²) in [6, 6.07) is 0. The Balaban J connectivity index is 0.00000161. The fourth-order valence-corrected chi connectivity index (χ4v) is 5.97. The molecule has 3 aliphatic rings. The molecule has 0 aromatic heterocycles. The molecule has 6 atom stereocenters. The molecule has 0 aliphatic carbocycles. The molecular weight excluding hydrogens is 484 g/mol. The van der Waals surface area contributed by atoms with Crippen LogP contribution in [-0.2, 0) is 28.5 Å². The first-order valence-electron chi connectivity index (χ1n) is 15.7. The molecule has 3 aliphatic heterocycles. The van der Waals surface area contributed by atoms with Crippen LogP contribution in [0.15, 0.2) is 0 Å². The topological polar surface area (TPSA) is 91.3 Å². The largest absolute Gasteiger partial charge is 0.462 e. The lowest BCUT2D eigenvalue weighted by atomic mass is 9.91. The number of unbranched alkanes of at least 4 members (excludes halogenated alkanes) is 10. The molecule has 1 spiro atoms. The first-order valence-corrected chi connectivity index (χ1v) is 15.7. The minimum atomic E-state index is -0.917. The van der Waals surface area contributed by atoms with Crippen molar-refractivity contribution >= 4 is 11.9 Å². The molecule has 0 radical (unpaired) electrons. The predicted molar refractivity (Wildman–Crippen MR) is 149 cm³/mol. The molecule has 6 unspecified atom stereocenters. The van der Waals surface area contributed by atoms with Crippen molar-refractivity contribution in [1.29, 1.82) is 0 Å². The SMILES string of the molecule is CCC.CCCCCCCCCCCCCC(CC1CC(O)CC2(CC3OC(=O)CCC3O2)O1)OC(C)=O. The molecule has 7 heteroatoms. The zero-order valence-electron chi connectivity index (χ0n) is 24.7. The summed E-state index contributed by atoms with van der Waals surface area (Å²) < 4.78 is 23.7. The number of carbonyl (C=O) groups excluding carboxylic acids is 2. The van der Waals surface area contributed by atoms with E-state index in [9.17, 15) is 14.7 Å². The molecular formula is C31H56O7. The average molecular weight is 541 g/mol. The second kappa shape index (κ2) is 18.2. The van der Waals surface area contributed by atoms with Crippen LogP contribution in [0.5, 0.6) is 0 Å². The van der Waals surface area contributed by atoms with Crippen LogP contribution in [0.1, 0.15) is 150 Å². The van der Waals surface area contributed by atoms with Gasteiger partial charge in [-0.1, -0.05) is 91.4 Å². The van der Waals surface area contributed by atoms with Gasteiger partial charge in [-0.25, -0.2) is 0 Å². The maximum absolute atomic E-state index is 11.7. The van der Waals surface area contributed by atoms with Gasteiger partial charge in [0.05, 0.1) is 18.3 Å². The zero-order valence-corrected chi connectivity index (χ0v) is 24.7. The van der Waals surface area contributed by atoms with Gasteiger partial charge in [-0.05, 0) is 25.7 Å². The van der Waals surface area contributed by atoms with Gasteiger partial charge in [0.1, 0.15) is 12.2 Å². The number of carbonyl (C=O) groups is 2. The van der Waals surface area contributed by atoms with Gasteiger partial charge < -0.3 is 24.1 Å². The maximum Gasteiger partial charge on any atom is 0.306 e. The molecule has 0 saturated carbocycles. The summed E-state index contributed by atoms with van der Waals surface area (Å²) in [6.07, 6.45) is 17.5. The molecule has 0 bridgehead atoms. The fourth-order valence-electron chi connectivity index (χ4n) is 5.97. The van der Waals surface area contributed by atoms with Crippen molar-refractivity contribution in [2.45, 2.75) is 186 Å². The number of esters is 2. The smallest absolute Gasteiger partial charge is 0.306 e. The van der Waals surface area contributed by atoms with E-state index in [1.54, 1.807) is 0 Å². The van der Waals surface area contributed by atoms with Crippen molar-refractivity contribution < 1.29 is 33.6 Å². The van der Waals surface area contributed by atoms with Crippen molar-refractivity contribution in [1.82, 2.24) is 0 Å². The highest BCUT2D eigenvalue weighted by Crippen LogP contribution is 2.45. The lowest BCUT2D eigenvalue weighted by molar-refractivity contribution is -0.290. The molecule has 0 aromatic carbocycles. The highest BCUT2D eigenvalue weighted by Gasteiger charge is 2.54. The molecule has 38 heavy (non-hydrogen) atoms. The molecule has 3 fully saturated rings. The Kier molecular flexibility index (Phi) is 15.8. The van der Waals surface area contributed by atoms with Crippen molar-refractivity contribution in [3.8, 4) is 0 Å². The van der Waals surface area contributed by atoms with E-state index in [0.717, 1.165) is 19.3 Å². The van der Waals surface area contributed by atoms with E-state index in [0.29, 0.717) is 38.5 Å². The van der Waals surface area contributed by atoms with Crippen LogP contribution >= 0.6 is 0 Å². The van der Waals surface area contributed by atoms with Gasteiger partial charge >= 0.3 is 11.9 Å². The lowest BCUT2D eigenvalue weighted by Gasteiger charge is -2.41. The van der Waals surface area contributed by atoms with Crippen LogP contribution in [0.4, 0.5) is 0 Å². The molecule has 222 valence electrons. The zero-order chi connectivity index (χ0) is 27.8. The van der Waals surface area contributed by atoms with Gasteiger partial charge in [-0.2, -0.15) is 0 Å². The molecule has 0 amide bonds. The number of rotatable bonds is 15. The summed E-state index contributed by atoms with van der Waals surface area (Å²) in [6.45, 7) is 7.95. The predicted octanol–water partition coefficient (Wildman–Crippen LogP) is 7.16. The van der Waals surface area contributed by atoms with Gasteiger partial charge in [0, 0.05) is 32.6 Å². The van der Waals surface area contributed by atoms with Gasteiger partial charge in [0.25, 0.3) is 0 Å². The summed E-state index contributed by atoms with van der Waals surface area (Å²) in [5.74, 6) is -1.39. The Bertz CT molecular complexity index is 669. The molecule has 3 heterocycles. The fraction of sp³-hybridized carbons (Fsp3) is 0.935. The average Bonchev–Trinajstić information content (AvgIpc) is 3.17. The number of hydrogen-bond donors (Lipinski definition) is 1. The minimum absolute atomic E-state index is 0.167. The van der Waals surface area contributed by atoms with Crippen LogP contribution in [0, 0.1) is 0 Å². The Morgan fingerprint density at radius 3 is 2.16 bits per heavy atom. The van der Waals surface area contributed by atoms with Crippen LogP contribution in [0.25, 0.3) is 0 Å². The van der Waals surface area contributed by atoms with E-state index in [1.165, 1.54) is 71.1 Å². The molecule has 1 N–H and O–H groups in total. The Labute approximate surface area is 231 Å². The molecule has 3 saturated heterocycles. The van der Waals surface area contributed by atoms with E-state index >= 15 is 0 Å². The maximum atomic E-state index is 11.7. The summed E-state index contributed by atoms with van der Waals surface area (Å²) in [7, 11) is 0. The van der Waals surface area contributed by atoms with Crippen LogP contribution < -0.4 is 0 Å². The monoisotopic (exact) mass is 540 g/mol. The van der Waals surface area contributed by atoms with Gasteiger partial charge in [-0.3, -0.25) is 9.59 Å². The third-order valence-electron chi connectivity index (χ3n) is 7.66.